The van der Waals surface area contributed by atoms with E-state index in [1.165, 1.54) is 19.3 Å². The number of ether oxygens (including phenoxy) is 1. The quantitative estimate of drug-likeness (QED) is 0.772. The van der Waals surface area contributed by atoms with E-state index < -0.39 is 5.54 Å². The standard InChI is InChI=1S/C15H28N2O2/c1-4-19-12-10-15(16,14(12,2)3)13(18)17-9-8-11-6-5-7-11/h11-12H,4-10,16H2,1-3H3,(H,17,18). The molecule has 0 heterocycles. The van der Waals surface area contributed by atoms with Crippen LogP contribution in [0.4, 0.5) is 0 Å². The predicted octanol–water partition coefficient (Wildman–Crippen LogP) is 1.83. The van der Waals surface area contributed by atoms with E-state index in [0.717, 1.165) is 18.9 Å². The summed E-state index contributed by atoms with van der Waals surface area (Å²) in [7, 11) is 0. The lowest BCUT2D eigenvalue weighted by atomic mass is 9.54. The minimum absolute atomic E-state index is 0.00669. The highest BCUT2D eigenvalue weighted by atomic mass is 16.5. The van der Waals surface area contributed by atoms with Crippen LogP contribution < -0.4 is 11.1 Å². The molecule has 2 unspecified atom stereocenters. The predicted molar refractivity (Wildman–Crippen MR) is 75.7 cm³/mol. The largest absolute Gasteiger partial charge is 0.378 e. The van der Waals surface area contributed by atoms with Crippen molar-refractivity contribution in [2.75, 3.05) is 13.2 Å². The van der Waals surface area contributed by atoms with Gasteiger partial charge in [-0.1, -0.05) is 33.1 Å². The summed E-state index contributed by atoms with van der Waals surface area (Å²) in [6, 6.07) is 0. The molecule has 0 aromatic rings. The lowest BCUT2D eigenvalue weighted by molar-refractivity contribution is -0.170. The molecule has 2 rings (SSSR count). The highest BCUT2D eigenvalue weighted by molar-refractivity contribution is 5.88. The van der Waals surface area contributed by atoms with Crippen molar-refractivity contribution in [3.05, 3.63) is 0 Å². The van der Waals surface area contributed by atoms with E-state index in [4.69, 9.17) is 10.5 Å². The molecule has 0 saturated heterocycles. The maximum Gasteiger partial charge on any atom is 0.240 e. The summed E-state index contributed by atoms with van der Waals surface area (Å²) in [5, 5.41) is 3.02. The zero-order valence-corrected chi connectivity index (χ0v) is 12.5. The number of carbonyl (C=O) groups is 1. The molecule has 2 aliphatic carbocycles. The Bertz CT molecular complexity index is 339. The zero-order chi connectivity index (χ0) is 14.1. The van der Waals surface area contributed by atoms with Crippen molar-refractivity contribution in [3.8, 4) is 0 Å². The molecule has 2 fully saturated rings. The Balaban J connectivity index is 1.80. The molecule has 0 aromatic carbocycles. The molecule has 4 heteroatoms. The van der Waals surface area contributed by atoms with E-state index in [1.54, 1.807) is 0 Å². The van der Waals surface area contributed by atoms with Gasteiger partial charge in [0.25, 0.3) is 0 Å². The summed E-state index contributed by atoms with van der Waals surface area (Å²) in [6.45, 7) is 7.47. The van der Waals surface area contributed by atoms with E-state index in [1.807, 2.05) is 20.8 Å². The van der Waals surface area contributed by atoms with Gasteiger partial charge in [-0.2, -0.15) is 0 Å². The Morgan fingerprint density at radius 1 is 1.42 bits per heavy atom. The first-order chi connectivity index (χ1) is 8.91. The fourth-order valence-corrected chi connectivity index (χ4v) is 3.15. The second-order valence-electron chi connectivity index (χ2n) is 6.68. The van der Waals surface area contributed by atoms with Crippen molar-refractivity contribution >= 4 is 5.91 Å². The van der Waals surface area contributed by atoms with Gasteiger partial charge in [0.2, 0.25) is 5.91 Å². The van der Waals surface area contributed by atoms with Gasteiger partial charge in [0, 0.05) is 25.0 Å². The maximum atomic E-state index is 12.3. The number of carbonyl (C=O) groups excluding carboxylic acids is 1. The van der Waals surface area contributed by atoms with Gasteiger partial charge in [0.1, 0.15) is 5.54 Å². The monoisotopic (exact) mass is 268 g/mol. The molecule has 0 radical (unpaired) electrons. The topological polar surface area (TPSA) is 64.3 Å². The SMILES string of the molecule is CCOC1CC(N)(C(=O)NCCC2CCC2)C1(C)C. The second-order valence-corrected chi connectivity index (χ2v) is 6.68. The second kappa shape index (κ2) is 5.41. The summed E-state index contributed by atoms with van der Waals surface area (Å²) < 4.78 is 5.65. The summed E-state index contributed by atoms with van der Waals surface area (Å²) in [5.74, 6) is 0.812. The van der Waals surface area contributed by atoms with Crippen LogP contribution in [-0.4, -0.2) is 30.7 Å². The minimum atomic E-state index is -0.771. The molecule has 110 valence electrons. The summed E-state index contributed by atoms with van der Waals surface area (Å²) in [4.78, 5) is 12.3. The van der Waals surface area contributed by atoms with Gasteiger partial charge in [0.05, 0.1) is 6.10 Å². The highest BCUT2D eigenvalue weighted by Gasteiger charge is 2.62. The summed E-state index contributed by atoms with van der Waals surface area (Å²) >= 11 is 0. The third-order valence-electron chi connectivity index (χ3n) is 5.30. The lowest BCUT2D eigenvalue weighted by Crippen LogP contribution is -2.75. The average Bonchev–Trinajstić information content (AvgIpc) is 2.31. The van der Waals surface area contributed by atoms with E-state index >= 15 is 0 Å². The van der Waals surface area contributed by atoms with Crippen LogP contribution in [0.1, 0.15) is 52.9 Å². The number of nitrogens with one attached hydrogen (secondary N) is 1. The number of hydrogen-bond donors (Lipinski definition) is 2. The highest BCUT2D eigenvalue weighted by Crippen LogP contribution is 2.49. The summed E-state index contributed by atoms with van der Waals surface area (Å²) in [6.07, 6.45) is 5.81. The molecule has 2 saturated carbocycles. The molecule has 1 amide bonds. The van der Waals surface area contributed by atoms with Crippen LogP contribution in [0.25, 0.3) is 0 Å². The number of amides is 1. The van der Waals surface area contributed by atoms with Crippen LogP contribution in [0.2, 0.25) is 0 Å². The molecule has 0 spiro atoms. The molecule has 0 aromatic heterocycles. The zero-order valence-electron chi connectivity index (χ0n) is 12.5. The van der Waals surface area contributed by atoms with Crippen LogP contribution in [-0.2, 0) is 9.53 Å². The normalized spacial score (nSPS) is 33.4. The van der Waals surface area contributed by atoms with E-state index in [9.17, 15) is 4.79 Å². The van der Waals surface area contributed by atoms with Crippen LogP contribution >= 0.6 is 0 Å². The molecule has 2 atom stereocenters. The molecular formula is C15H28N2O2. The van der Waals surface area contributed by atoms with Gasteiger partial charge in [0.15, 0.2) is 0 Å². The molecule has 3 N–H and O–H groups in total. The van der Waals surface area contributed by atoms with Gasteiger partial charge in [-0.05, 0) is 19.3 Å². The first-order valence-electron chi connectivity index (χ1n) is 7.60. The number of hydrogen-bond acceptors (Lipinski definition) is 3. The average molecular weight is 268 g/mol. The Kier molecular flexibility index (Phi) is 4.21. The molecule has 2 aliphatic rings. The minimum Gasteiger partial charge on any atom is -0.378 e. The van der Waals surface area contributed by atoms with Crippen LogP contribution in [0.15, 0.2) is 0 Å². The molecular weight excluding hydrogens is 240 g/mol. The third-order valence-corrected chi connectivity index (χ3v) is 5.30. The van der Waals surface area contributed by atoms with Gasteiger partial charge < -0.3 is 15.8 Å². The van der Waals surface area contributed by atoms with Crippen molar-refractivity contribution in [1.29, 1.82) is 0 Å². The van der Waals surface area contributed by atoms with Gasteiger partial charge >= 0.3 is 0 Å². The van der Waals surface area contributed by atoms with Crippen molar-refractivity contribution in [3.63, 3.8) is 0 Å². The number of nitrogens with two attached hydrogens (primary N) is 1. The fourth-order valence-electron chi connectivity index (χ4n) is 3.15. The van der Waals surface area contributed by atoms with Crippen LogP contribution in [0.5, 0.6) is 0 Å². The van der Waals surface area contributed by atoms with Crippen molar-refractivity contribution < 1.29 is 9.53 Å². The first-order valence-corrected chi connectivity index (χ1v) is 7.60. The Morgan fingerprint density at radius 3 is 2.58 bits per heavy atom. The Labute approximate surface area is 116 Å². The van der Waals surface area contributed by atoms with E-state index in [0.29, 0.717) is 13.0 Å². The number of rotatable bonds is 6. The molecule has 0 aliphatic heterocycles. The van der Waals surface area contributed by atoms with Crippen LogP contribution in [0.3, 0.4) is 0 Å². The Morgan fingerprint density at radius 2 is 2.11 bits per heavy atom. The van der Waals surface area contributed by atoms with E-state index in [2.05, 4.69) is 5.32 Å². The van der Waals surface area contributed by atoms with Crippen molar-refractivity contribution in [1.82, 2.24) is 5.32 Å². The van der Waals surface area contributed by atoms with Crippen molar-refractivity contribution in [2.24, 2.45) is 17.1 Å². The lowest BCUT2D eigenvalue weighted by Gasteiger charge is -2.57. The van der Waals surface area contributed by atoms with Gasteiger partial charge in [-0.3, -0.25) is 4.79 Å². The van der Waals surface area contributed by atoms with Crippen molar-refractivity contribution in [2.45, 2.75) is 64.5 Å². The molecule has 4 nitrogen and oxygen atoms in total. The Hall–Kier alpha value is -0.610. The maximum absolute atomic E-state index is 12.3. The smallest absolute Gasteiger partial charge is 0.240 e. The van der Waals surface area contributed by atoms with E-state index in [-0.39, 0.29) is 17.4 Å². The van der Waals surface area contributed by atoms with Crippen LogP contribution in [0, 0.1) is 11.3 Å². The third kappa shape index (κ3) is 2.52. The molecule has 0 bridgehead atoms. The fraction of sp³-hybridized carbons (Fsp3) is 0.933. The van der Waals surface area contributed by atoms with Gasteiger partial charge in [-0.15, -0.1) is 0 Å². The van der Waals surface area contributed by atoms with Gasteiger partial charge in [-0.25, -0.2) is 0 Å². The summed E-state index contributed by atoms with van der Waals surface area (Å²) in [5.41, 5.74) is 5.26. The first kappa shape index (κ1) is 14.8. The molecule has 19 heavy (non-hydrogen) atoms.